The highest BCUT2D eigenvalue weighted by Gasteiger charge is 2.12. The topological polar surface area (TPSA) is 100 Å². The molecule has 2 aromatic rings. The minimum Gasteiger partial charge on any atom is -0.394 e. The van der Waals surface area contributed by atoms with Crippen LogP contribution in [0.25, 0.3) is 11.3 Å². The van der Waals surface area contributed by atoms with Crippen molar-refractivity contribution in [2.75, 3.05) is 19.5 Å². The van der Waals surface area contributed by atoms with Gasteiger partial charge in [0.05, 0.1) is 16.3 Å². The Morgan fingerprint density at radius 3 is 2.77 bits per heavy atom. The van der Waals surface area contributed by atoms with Crippen LogP contribution in [0.15, 0.2) is 41.2 Å². The zero-order valence-electron chi connectivity index (χ0n) is 12.2. The van der Waals surface area contributed by atoms with Gasteiger partial charge in [-0.3, -0.25) is 14.9 Å². The molecule has 1 aromatic carbocycles. The molecule has 0 radical (unpaired) electrons. The van der Waals surface area contributed by atoms with Crippen LogP contribution in [0.5, 0.6) is 0 Å². The number of hydrogen-bond donors (Lipinski definition) is 1. The molecule has 116 valence electrons. The number of pyridine rings is 1. The highest BCUT2D eigenvalue weighted by molar-refractivity contribution is 5.64. The maximum Gasteiger partial charge on any atom is 0.274 e. The van der Waals surface area contributed by atoms with Crippen molar-refractivity contribution in [1.29, 1.82) is 0 Å². The zero-order valence-corrected chi connectivity index (χ0v) is 12.2. The number of non-ortho nitro benzene ring substituents is 1. The summed E-state index contributed by atoms with van der Waals surface area (Å²) in [5, 5.41) is 10.9. The summed E-state index contributed by atoms with van der Waals surface area (Å²) in [5.74, 6) is 0. The van der Waals surface area contributed by atoms with Gasteiger partial charge in [-0.15, -0.1) is 0 Å². The number of aromatic nitrogens is 1. The van der Waals surface area contributed by atoms with E-state index in [2.05, 4.69) is 0 Å². The number of rotatable bonds is 6. The molecule has 0 spiro atoms. The van der Waals surface area contributed by atoms with Gasteiger partial charge in [0.1, 0.15) is 0 Å². The molecule has 0 bridgehead atoms. The van der Waals surface area contributed by atoms with Crippen LogP contribution in [0.3, 0.4) is 0 Å². The number of nitro groups is 1. The van der Waals surface area contributed by atoms with E-state index in [0.717, 1.165) is 0 Å². The lowest BCUT2D eigenvalue weighted by Gasteiger charge is -2.13. The first-order valence-corrected chi connectivity index (χ1v) is 6.77. The van der Waals surface area contributed by atoms with E-state index in [9.17, 15) is 14.9 Å². The Labute approximate surface area is 127 Å². The molecular weight excluding hydrogens is 286 g/mol. The largest absolute Gasteiger partial charge is 0.394 e. The van der Waals surface area contributed by atoms with E-state index >= 15 is 0 Å². The first-order chi connectivity index (χ1) is 10.5. The number of nitrogens with zero attached hydrogens (tertiary/aromatic N) is 2. The zero-order chi connectivity index (χ0) is 16.1. The molecule has 0 aliphatic rings. The monoisotopic (exact) mass is 303 g/mol. The van der Waals surface area contributed by atoms with Gasteiger partial charge in [-0.05, 0) is 18.6 Å². The molecule has 0 saturated heterocycles. The van der Waals surface area contributed by atoms with E-state index in [4.69, 9.17) is 10.5 Å². The average molecular weight is 303 g/mol. The van der Waals surface area contributed by atoms with Crippen LogP contribution in [0.2, 0.25) is 0 Å². The molecule has 0 fully saturated rings. The molecule has 7 heteroatoms. The number of nitrogen functional groups attached to an aromatic ring is 1. The number of anilines is 1. The Bertz CT molecular complexity index is 740. The van der Waals surface area contributed by atoms with E-state index in [1.54, 1.807) is 25.3 Å². The highest BCUT2D eigenvalue weighted by Crippen LogP contribution is 2.23. The molecule has 0 atom stereocenters. The fourth-order valence-corrected chi connectivity index (χ4v) is 2.22. The van der Waals surface area contributed by atoms with Crippen LogP contribution >= 0.6 is 0 Å². The SMILES string of the molecule is COCCCn1c(-c2cccc([N+](=O)[O-])c2)ccc(N)c1=O. The van der Waals surface area contributed by atoms with E-state index in [0.29, 0.717) is 30.8 Å². The summed E-state index contributed by atoms with van der Waals surface area (Å²) in [4.78, 5) is 22.7. The predicted molar refractivity (Wildman–Crippen MR) is 83.7 cm³/mol. The van der Waals surface area contributed by atoms with E-state index in [-0.39, 0.29) is 16.9 Å². The standard InChI is InChI=1S/C15H17N3O4/c1-22-9-3-8-17-14(7-6-13(16)15(17)19)11-4-2-5-12(10-11)18(20)21/h2,4-7,10H,3,8-9,16H2,1H3. The molecule has 0 aliphatic heterocycles. The van der Waals surface area contributed by atoms with Crippen molar-refractivity contribution in [3.63, 3.8) is 0 Å². The fourth-order valence-electron chi connectivity index (χ4n) is 2.22. The minimum absolute atomic E-state index is 0.0229. The average Bonchev–Trinajstić information content (AvgIpc) is 2.52. The number of nitrogens with two attached hydrogens (primary N) is 1. The first kappa shape index (κ1) is 15.7. The normalized spacial score (nSPS) is 10.6. The van der Waals surface area contributed by atoms with Crippen molar-refractivity contribution in [2.45, 2.75) is 13.0 Å². The fraction of sp³-hybridized carbons (Fsp3) is 0.267. The number of benzene rings is 1. The summed E-state index contributed by atoms with van der Waals surface area (Å²) in [5.41, 5.74) is 6.69. The Kier molecular flexibility index (Phi) is 4.90. The molecule has 2 rings (SSSR count). The van der Waals surface area contributed by atoms with Gasteiger partial charge in [-0.25, -0.2) is 0 Å². The lowest BCUT2D eigenvalue weighted by Crippen LogP contribution is -2.24. The number of hydrogen-bond acceptors (Lipinski definition) is 5. The highest BCUT2D eigenvalue weighted by atomic mass is 16.6. The van der Waals surface area contributed by atoms with Gasteiger partial charge in [0.25, 0.3) is 11.2 Å². The summed E-state index contributed by atoms with van der Waals surface area (Å²) < 4.78 is 6.52. The summed E-state index contributed by atoms with van der Waals surface area (Å²) in [6, 6.07) is 9.39. The number of nitro benzene ring substituents is 1. The maximum absolute atomic E-state index is 12.2. The molecular formula is C15H17N3O4. The summed E-state index contributed by atoms with van der Waals surface area (Å²) in [7, 11) is 1.59. The van der Waals surface area contributed by atoms with Gasteiger partial charge < -0.3 is 15.0 Å². The van der Waals surface area contributed by atoms with Gasteiger partial charge in [0.2, 0.25) is 0 Å². The van der Waals surface area contributed by atoms with Gasteiger partial charge >= 0.3 is 0 Å². The van der Waals surface area contributed by atoms with Crippen LogP contribution in [0.4, 0.5) is 11.4 Å². The molecule has 1 aromatic heterocycles. The van der Waals surface area contributed by atoms with Crippen LogP contribution in [-0.4, -0.2) is 23.2 Å². The predicted octanol–water partition coefficient (Wildman–Crippen LogP) is 2.04. The summed E-state index contributed by atoms with van der Waals surface area (Å²) in [6.07, 6.45) is 0.641. The number of ether oxygens (including phenoxy) is 1. The van der Waals surface area contributed by atoms with Crippen molar-refractivity contribution >= 4 is 11.4 Å². The van der Waals surface area contributed by atoms with Crippen LogP contribution < -0.4 is 11.3 Å². The second kappa shape index (κ2) is 6.86. The van der Waals surface area contributed by atoms with Crippen LogP contribution in [-0.2, 0) is 11.3 Å². The van der Waals surface area contributed by atoms with Crippen molar-refractivity contribution in [1.82, 2.24) is 4.57 Å². The summed E-state index contributed by atoms with van der Waals surface area (Å²) in [6.45, 7) is 0.936. The first-order valence-electron chi connectivity index (χ1n) is 6.77. The second-order valence-corrected chi connectivity index (χ2v) is 4.78. The molecule has 0 unspecified atom stereocenters. The lowest BCUT2D eigenvalue weighted by atomic mass is 10.1. The third kappa shape index (κ3) is 3.32. The van der Waals surface area contributed by atoms with Gasteiger partial charge in [-0.2, -0.15) is 0 Å². The van der Waals surface area contributed by atoms with E-state index in [1.165, 1.54) is 22.8 Å². The van der Waals surface area contributed by atoms with Gasteiger partial charge in [0, 0.05) is 38.0 Å². The molecule has 0 saturated carbocycles. The van der Waals surface area contributed by atoms with Crippen LogP contribution in [0, 0.1) is 10.1 Å². The van der Waals surface area contributed by atoms with Crippen molar-refractivity contribution in [3.8, 4) is 11.3 Å². The van der Waals surface area contributed by atoms with E-state index < -0.39 is 4.92 Å². The third-order valence-electron chi connectivity index (χ3n) is 3.29. The minimum atomic E-state index is -0.464. The van der Waals surface area contributed by atoms with Gasteiger partial charge in [0.15, 0.2) is 0 Å². The molecule has 0 amide bonds. The Morgan fingerprint density at radius 2 is 2.09 bits per heavy atom. The summed E-state index contributed by atoms with van der Waals surface area (Å²) >= 11 is 0. The number of methoxy groups -OCH3 is 1. The smallest absolute Gasteiger partial charge is 0.274 e. The maximum atomic E-state index is 12.2. The molecule has 2 N–H and O–H groups in total. The Balaban J connectivity index is 2.50. The second-order valence-electron chi connectivity index (χ2n) is 4.78. The molecule has 0 aliphatic carbocycles. The van der Waals surface area contributed by atoms with Crippen molar-refractivity contribution in [3.05, 3.63) is 56.9 Å². The molecule has 22 heavy (non-hydrogen) atoms. The van der Waals surface area contributed by atoms with Crippen molar-refractivity contribution in [2.24, 2.45) is 0 Å². The van der Waals surface area contributed by atoms with Crippen molar-refractivity contribution < 1.29 is 9.66 Å². The molecule has 7 nitrogen and oxygen atoms in total. The quantitative estimate of drug-likeness (QED) is 0.500. The lowest BCUT2D eigenvalue weighted by molar-refractivity contribution is -0.384. The van der Waals surface area contributed by atoms with Crippen LogP contribution in [0.1, 0.15) is 6.42 Å². The van der Waals surface area contributed by atoms with Gasteiger partial charge in [-0.1, -0.05) is 12.1 Å². The Morgan fingerprint density at radius 1 is 1.32 bits per heavy atom. The molecule has 1 heterocycles. The van der Waals surface area contributed by atoms with E-state index in [1.807, 2.05) is 0 Å². The third-order valence-corrected chi connectivity index (χ3v) is 3.29. The Hall–Kier alpha value is -2.67.